The van der Waals surface area contributed by atoms with Crippen LogP contribution >= 0.6 is 0 Å². The molecule has 0 unspecified atom stereocenters. The minimum Gasteiger partial charge on any atom is -0.484 e. The summed E-state index contributed by atoms with van der Waals surface area (Å²) in [6.07, 6.45) is 3.67. The highest BCUT2D eigenvalue weighted by Gasteiger charge is 2.09. The van der Waals surface area contributed by atoms with Crippen molar-refractivity contribution in [3.63, 3.8) is 0 Å². The summed E-state index contributed by atoms with van der Waals surface area (Å²) in [5.41, 5.74) is 3.64. The van der Waals surface area contributed by atoms with E-state index < -0.39 is 0 Å². The molecule has 6 heteroatoms. The van der Waals surface area contributed by atoms with E-state index in [1.165, 1.54) is 0 Å². The highest BCUT2D eigenvalue weighted by molar-refractivity contribution is 5.91. The average molecular weight is 411 g/mol. The van der Waals surface area contributed by atoms with Crippen molar-refractivity contribution >= 4 is 23.7 Å². The van der Waals surface area contributed by atoms with E-state index in [0.29, 0.717) is 17.5 Å². The highest BCUT2D eigenvalue weighted by Crippen LogP contribution is 2.22. The van der Waals surface area contributed by atoms with Gasteiger partial charge in [-0.3, -0.25) is 4.79 Å². The van der Waals surface area contributed by atoms with Gasteiger partial charge in [0, 0.05) is 17.3 Å². The summed E-state index contributed by atoms with van der Waals surface area (Å²) < 4.78 is 10.9. The third-order valence-corrected chi connectivity index (χ3v) is 4.46. The molecular formula is C25H21N3O3. The first-order chi connectivity index (χ1) is 15.2. The lowest BCUT2D eigenvalue weighted by atomic mass is 10.2. The number of nitrogens with zero attached hydrogens (tertiary/aromatic N) is 2. The Bertz CT molecular complexity index is 1180. The van der Waals surface area contributed by atoms with E-state index in [1.807, 2.05) is 79.7 Å². The van der Waals surface area contributed by atoms with Crippen LogP contribution in [0.15, 0.2) is 83.4 Å². The lowest BCUT2D eigenvalue weighted by molar-refractivity contribution is -0.118. The molecule has 154 valence electrons. The second-order valence-corrected chi connectivity index (χ2v) is 6.93. The minimum absolute atomic E-state index is 0.103. The van der Waals surface area contributed by atoms with Crippen LogP contribution in [0, 0.1) is 6.92 Å². The molecule has 0 saturated heterocycles. The fourth-order valence-electron chi connectivity index (χ4n) is 2.86. The molecule has 0 aliphatic heterocycles. The molecular weight excluding hydrogens is 390 g/mol. The molecule has 1 N–H and O–H groups in total. The van der Waals surface area contributed by atoms with E-state index in [9.17, 15) is 4.79 Å². The molecule has 0 fully saturated rings. The van der Waals surface area contributed by atoms with Crippen molar-refractivity contribution in [2.24, 2.45) is 0 Å². The van der Waals surface area contributed by atoms with E-state index in [1.54, 1.807) is 18.2 Å². The number of rotatable bonds is 7. The van der Waals surface area contributed by atoms with Crippen LogP contribution in [0.25, 0.3) is 23.5 Å². The van der Waals surface area contributed by atoms with Crippen molar-refractivity contribution in [1.82, 2.24) is 10.1 Å². The van der Waals surface area contributed by atoms with Crippen LogP contribution in [0.2, 0.25) is 0 Å². The number of anilines is 1. The van der Waals surface area contributed by atoms with Gasteiger partial charge in [-0.1, -0.05) is 65.3 Å². The summed E-state index contributed by atoms with van der Waals surface area (Å²) in [7, 11) is 0. The van der Waals surface area contributed by atoms with E-state index in [0.717, 1.165) is 22.4 Å². The smallest absolute Gasteiger partial charge is 0.262 e. The molecule has 4 rings (SSSR count). The van der Waals surface area contributed by atoms with Crippen LogP contribution in [-0.2, 0) is 4.79 Å². The number of carbonyl (C=O) groups excluding carboxylic acids is 1. The van der Waals surface area contributed by atoms with Crippen molar-refractivity contribution in [3.8, 4) is 17.1 Å². The molecule has 0 atom stereocenters. The topological polar surface area (TPSA) is 77.2 Å². The minimum atomic E-state index is -0.234. The number of ether oxygens (including phenoxy) is 1. The fourth-order valence-corrected chi connectivity index (χ4v) is 2.86. The first kappa shape index (κ1) is 20.1. The molecule has 0 spiro atoms. The Kier molecular flexibility index (Phi) is 6.18. The van der Waals surface area contributed by atoms with Crippen molar-refractivity contribution < 1.29 is 14.1 Å². The Morgan fingerprint density at radius 2 is 1.81 bits per heavy atom. The normalized spacial score (nSPS) is 10.9. The summed E-state index contributed by atoms with van der Waals surface area (Å²) in [5.74, 6) is 1.16. The SMILES string of the molecule is Cc1ccc(NC(=O)COc2cccc(-c3noc(C=Cc4ccccc4)n3)c2)cc1. The lowest BCUT2D eigenvalue weighted by Gasteiger charge is -2.08. The van der Waals surface area contributed by atoms with Crippen molar-refractivity contribution in [1.29, 1.82) is 0 Å². The molecule has 1 amide bonds. The third-order valence-electron chi connectivity index (χ3n) is 4.46. The fraction of sp³-hybridized carbons (Fsp3) is 0.0800. The number of aromatic nitrogens is 2. The molecule has 31 heavy (non-hydrogen) atoms. The first-order valence-corrected chi connectivity index (χ1v) is 9.82. The number of nitrogens with one attached hydrogen (secondary N) is 1. The standard InChI is InChI=1S/C25H21N3O3/c1-18-10-13-21(14-11-18)26-23(29)17-30-22-9-5-8-20(16-22)25-27-24(31-28-25)15-12-19-6-3-2-4-7-19/h2-16H,17H2,1H3,(H,26,29). The first-order valence-electron chi connectivity index (χ1n) is 9.82. The van der Waals surface area contributed by atoms with Crippen LogP contribution in [0.1, 0.15) is 17.0 Å². The molecule has 0 bridgehead atoms. The highest BCUT2D eigenvalue weighted by atomic mass is 16.5. The number of amides is 1. The van der Waals surface area contributed by atoms with Crippen LogP contribution in [0.5, 0.6) is 5.75 Å². The Morgan fingerprint density at radius 3 is 2.61 bits per heavy atom. The number of carbonyl (C=O) groups is 1. The molecule has 4 aromatic rings. The van der Waals surface area contributed by atoms with Crippen molar-refractivity contribution in [2.75, 3.05) is 11.9 Å². The van der Waals surface area contributed by atoms with E-state index in [-0.39, 0.29) is 12.5 Å². The Labute approximate surface area is 180 Å². The molecule has 0 aliphatic carbocycles. The van der Waals surface area contributed by atoms with Crippen molar-refractivity contribution in [3.05, 3.63) is 95.9 Å². The number of hydrogen-bond donors (Lipinski definition) is 1. The quantitative estimate of drug-likeness (QED) is 0.450. The van der Waals surface area contributed by atoms with E-state index in [2.05, 4.69) is 15.5 Å². The van der Waals surface area contributed by atoms with Gasteiger partial charge in [0.25, 0.3) is 11.8 Å². The molecule has 0 radical (unpaired) electrons. The van der Waals surface area contributed by atoms with E-state index >= 15 is 0 Å². The predicted molar refractivity (Wildman–Crippen MR) is 120 cm³/mol. The van der Waals surface area contributed by atoms with Crippen molar-refractivity contribution in [2.45, 2.75) is 6.92 Å². The second-order valence-electron chi connectivity index (χ2n) is 6.93. The second kappa shape index (κ2) is 9.54. The Hall–Kier alpha value is -4.19. The largest absolute Gasteiger partial charge is 0.484 e. The lowest BCUT2D eigenvalue weighted by Crippen LogP contribution is -2.20. The predicted octanol–water partition coefficient (Wildman–Crippen LogP) is 5.23. The van der Waals surface area contributed by atoms with Gasteiger partial charge in [-0.15, -0.1) is 0 Å². The van der Waals surface area contributed by atoms with Gasteiger partial charge in [0.1, 0.15) is 5.75 Å². The summed E-state index contributed by atoms with van der Waals surface area (Å²) in [6, 6.07) is 24.7. The van der Waals surface area contributed by atoms with Gasteiger partial charge >= 0.3 is 0 Å². The number of benzene rings is 3. The molecule has 1 heterocycles. The molecule has 3 aromatic carbocycles. The maximum Gasteiger partial charge on any atom is 0.262 e. The van der Waals surface area contributed by atoms with E-state index in [4.69, 9.17) is 9.26 Å². The van der Waals surface area contributed by atoms with Gasteiger partial charge in [0.05, 0.1) is 0 Å². The van der Waals surface area contributed by atoms with Gasteiger partial charge in [-0.2, -0.15) is 4.98 Å². The van der Waals surface area contributed by atoms with Gasteiger partial charge in [0.2, 0.25) is 5.82 Å². The molecule has 0 aliphatic rings. The third kappa shape index (κ3) is 5.67. The zero-order valence-corrected chi connectivity index (χ0v) is 17.0. The summed E-state index contributed by atoms with van der Waals surface area (Å²) in [5, 5.41) is 6.83. The molecule has 1 aromatic heterocycles. The monoisotopic (exact) mass is 411 g/mol. The molecule has 0 saturated carbocycles. The van der Waals surface area contributed by atoms with Crippen LogP contribution in [-0.4, -0.2) is 22.7 Å². The number of hydrogen-bond acceptors (Lipinski definition) is 5. The average Bonchev–Trinajstić information content (AvgIpc) is 3.28. The van der Waals surface area contributed by atoms with Gasteiger partial charge in [-0.05, 0) is 42.8 Å². The number of aryl methyl sites for hydroxylation is 1. The maximum atomic E-state index is 12.1. The van der Waals surface area contributed by atoms with Gasteiger partial charge in [-0.25, -0.2) is 0 Å². The maximum absolute atomic E-state index is 12.1. The van der Waals surface area contributed by atoms with Crippen LogP contribution in [0.3, 0.4) is 0 Å². The Morgan fingerprint density at radius 1 is 1.00 bits per heavy atom. The van der Waals surface area contributed by atoms with Gasteiger partial charge in [0.15, 0.2) is 6.61 Å². The molecule has 6 nitrogen and oxygen atoms in total. The summed E-state index contributed by atoms with van der Waals surface area (Å²) in [4.78, 5) is 16.5. The Balaban J connectivity index is 1.37. The summed E-state index contributed by atoms with van der Waals surface area (Å²) in [6.45, 7) is 1.89. The summed E-state index contributed by atoms with van der Waals surface area (Å²) >= 11 is 0. The zero-order valence-electron chi connectivity index (χ0n) is 17.0. The zero-order chi connectivity index (χ0) is 21.5. The van der Waals surface area contributed by atoms with Crippen LogP contribution in [0.4, 0.5) is 5.69 Å². The van der Waals surface area contributed by atoms with Crippen LogP contribution < -0.4 is 10.1 Å². The van der Waals surface area contributed by atoms with Gasteiger partial charge < -0.3 is 14.6 Å².